The number of amides is 3. The van der Waals surface area contributed by atoms with Crippen LogP contribution in [0.5, 0.6) is 0 Å². The molecule has 3 amide bonds. The lowest BCUT2D eigenvalue weighted by molar-refractivity contribution is -0.131. The molecule has 0 radical (unpaired) electrons. The predicted octanol–water partition coefficient (Wildman–Crippen LogP) is 3.13. The summed E-state index contributed by atoms with van der Waals surface area (Å²) in [6.45, 7) is 1.27. The van der Waals surface area contributed by atoms with Gasteiger partial charge in [0.1, 0.15) is 5.82 Å². The highest BCUT2D eigenvalue weighted by atomic mass is 19.1. The van der Waals surface area contributed by atoms with Gasteiger partial charge in [-0.2, -0.15) is 0 Å². The Morgan fingerprint density at radius 3 is 2.54 bits per heavy atom. The number of hydrogen-bond donors (Lipinski definition) is 2. The fraction of sp³-hybridized carbons (Fsp3) is 0.556. The van der Waals surface area contributed by atoms with Gasteiger partial charge in [0.15, 0.2) is 0 Å². The minimum atomic E-state index is -0.340. The van der Waals surface area contributed by atoms with Crippen LogP contribution in [0.25, 0.3) is 0 Å². The molecule has 1 aromatic rings. The number of carbonyl (C=O) groups is 2. The number of rotatable bonds is 4. The van der Waals surface area contributed by atoms with Crippen molar-refractivity contribution in [2.75, 3.05) is 18.4 Å². The van der Waals surface area contributed by atoms with Crippen LogP contribution in [0.15, 0.2) is 24.3 Å². The van der Waals surface area contributed by atoms with E-state index in [2.05, 4.69) is 10.6 Å². The zero-order valence-electron chi connectivity index (χ0n) is 13.8. The number of urea groups is 1. The van der Waals surface area contributed by atoms with E-state index in [0.717, 1.165) is 6.42 Å². The largest absolute Gasteiger partial charge is 0.341 e. The molecule has 3 rings (SSSR count). The molecule has 2 fully saturated rings. The van der Waals surface area contributed by atoms with Crippen molar-refractivity contribution in [3.8, 4) is 0 Å². The lowest BCUT2D eigenvalue weighted by Gasteiger charge is -2.19. The Morgan fingerprint density at radius 2 is 1.83 bits per heavy atom. The van der Waals surface area contributed by atoms with E-state index >= 15 is 0 Å². The summed E-state index contributed by atoms with van der Waals surface area (Å²) < 4.78 is 12.9. The molecule has 1 atom stereocenters. The first-order valence-electron chi connectivity index (χ1n) is 8.71. The lowest BCUT2D eigenvalue weighted by Crippen LogP contribution is -2.40. The molecule has 0 spiro atoms. The molecule has 1 unspecified atom stereocenters. The summed E-state index contributed by atoms with van der Waals surface area (Å²) >= 11 is 0. The van der Waals surface area contributed by atoms with Crippen LogP contribution in [0.2, 0.25) is 0 Å². The lowest BCUT2D eigenvalue weighted by atomic mass is 10.0. The number of carbonyl (C=O) groups excluding carboxylic acids is 2. The smallest absolute Gasteiger partial charge is 0.319 e. The van der Waals surface area contributed by atoms with E-state index < -0.39 is 0 Å². The van der Waals surface area contributed by atoms with Gasteiger partial charge in [-0.3, -0.25) is 4.79 Å². The van der Waals surface area contributed by atoms with Gasteiger partial charge in [-0.1, -0.05) is 12.8 Å². The highest BCUT2D eigenvalue weighted by molar-refractivity contribution is 5.89. The Kier molecular flexibility index (Phi) is 5.33. The van der Waals surface area contributed by atoms with E-state index in [9.17, 15) is 14.0 Å². The molecule has 1 saturated heterocycles. The molecule has 1 heterocycles. The number of anilines is 1. The fourth-order valence-electron chi connectivity index (χ4n) is 3.58. The van der Waals surface area contributed by atoms with Crippen LogP contribution in [-0.4, -0.2) is 36.0 Å². The van der Waals surface area contributed by atoms with E-state index in [-0.39, 0.29) is 23.8 Å². The highest BCUT2D eigenvalue weighted by Crippen LogP contribution is 2.28. The number of nitrogens with zero attached hydrogens (tertiary/aromatic N) is 1. The SMILES string of the molecule is O=C(Nc1ccc(F)cc1)NC1CCN(C(=O)CC2CCCC2)C1. The molecule has 1 aliphatic carbocycles. The Balaban J connectivity index is 1.42. The standard InChI is InChI=1S/C18H24FN3O2/c19-14-5-7-15(8-6-14)20-18(24)21-16-9-10-22(12-16)17(23)11-13-3-1-2-4-13/h5-8,13,16H,1-4,9-12H2,(H2,20,21,24). The summed E-state index contributed by atoms with van der Waals surface area (Å²) in [7, 11) is 0. The molecular weight excluding hydrogens is 309 g/mol. The molecule has 2 aliphatic rings. The zero-order chi connectivity index (χ0) is 16.9. The first kappa shape index (κ1) is 16.7. The second kappa shape index (κ2) is 7.64. The molecule has 1 aliphatic heterocycles. The number of likely N-dealkylation sites (tertiary alicyclic amines) is 1. The summed E-state index contributed by atoms with van der Waals surface area (Å²) in [4.78, 5) is 26.2. The van der Waals surface area contributed by atoms with Crippen molar-refractivity contribution in [2.45, 2.75) is 44.6 Å². The maximum Gasteiger partial charge on any atom is 0.319 e. The van der Waals surface area contributed by atoms with Gasteiger partial charge in [-0.25, -0.2) is 9.18 Å². The van der Waals surface area contributed by atoms with Crippen molar-refractivity contribution >= 4 is 17.6 Å². The summed E-state index contributed by atoms with van der Waals surface area (Å²) in [5.41, 5.74) is 0.543. The first-order valence-corrected chi connectivity index (χ1v) is 8.71. The van der Waals surface area contributed by atoms with Gasteiger partial charge in [0.25, 0.3) is 0 Å². The van der Waals surface area contributed by atoms with Gasteiger partial charge in [-0.05, 0) is 49.4 Å². The Hall–Kier alpha value is -2.11. The van der Waals surface area contributed by atoms with Crippen molar-refractivity contribution in [3.63, 3.8) is 0 Å². The molecule has 6 heteroatoms. The van der Waals surface area contributed by atoms with Gasteiger partial charge in [0, 0.05) is 31.2 Å². The second-order valence-electron chi connectivity index (χ2n) is 6.79. The Labute approximate surface area is 141 Å². The van der Waals surface area contributed by atoms with Crippen LogP contribution >= 0.6 is 0 Å². The number of hydrogen-bond acceptors (Lipinski definition) is 2. The fourth-order valence-corrected chi connectivity index (χ4v) is 3.58. The number of halogens is 1. The van der Waals surface area contributed by atoms with E-state index in [4.69, 9.17) is 0 Å². The minimum Gasteiger partial charge on any atom is -0.341 e. The molecule has 0 aromatic heterocycles. The topological polar surface area (TPSA) is 61.4 Å². The molecule has 130 valence electrons. The third-order valence-electron chi connectivity index (χ3n) is 4.92. The van der Waals surface area contributed by atoms with E-state index in [0.29, 0.717) is 31.1 Å². The molecule has 5 nitrogen and oxygen atoms in total. The monoisotopic (exact) mass is 333 g/mol. The predicted molar refractivity (Wildman–Crippen MR) is 90.1 cm³/mol. The third-order valence-corrected chi connectivity index (χ3v) is 4.92. The van der Waals surface area contributed by atoms with Crippen LogP contribution in [0, 0.1) is 11.7 Å². The van der Waals surface area contributed by atoms with Crippen LogP contribution in [0.3, 0.4) is 0 Å². The molecular formula is C18H24FN3O2. The molecule has 0 bridgehead atoms. The van der Waals surface area contributed by atoms with Gasteiger partial charge >= 0.3 is 6.03 Å². The zero-order valence-corrected chi connectivity index (χ0v) is 13.8. The highest BCUT2D eigenvalue weighted by Gasteiger charge is 2.29. The van der Waals surface area contributed by atoms with Crippen molar-refractivity contribution in [1.82, 2.24) is 10.2 Å². The van der Waals surface area contributed by atoms with Gasteiger partial charge < -0.3 is 15.5 Å². The maximum absolute atomic E-state index is 12.9. The normalized spacial score (nSPS) is 21.0. The maximum atomic E-state index is 12.9. The van der Waals surface area contributed by atoms with E-state index in [1.54, 1.807) is 0 Å². The van der Waals surface area contributed by atoms with Crippen molar-refractivity contribution in [2.24, 2.45) is 5.92 Å². The third kappa shape index (κ3) is 4.46. The van der Waals surface area contributed by atoms with Crippen LogP contribution in [-0.2, 0) is 4.79 Å². The van der Waals surface area contributed by atoms with E-state index in [1.165, 1.54) is 49.9 Å². The van der Waals surface area contributed by atoms with Crippen molar-refractivity contribution in [1.29, 1.82) is 0 Å². The van der Waals surface area contributed by atoms with Gasteiger partial charge in [0.2, 0.25) is 5.91 Å². The van der Waals surface area contributed by atoms with Crippen LogP contribution < -0.4 is 10.6 Å². The Morgan fingerprint density at radius 1 is 1.12 bits per heavy atom. The summed E-state index contributed by atoms with van der Waals surface area (Å²) in [6.07, 6.45) is 6.24. The number of benzene rings is 1. The van der Waals surface area contributed by atoms with Crippen molar-refractivity contribution in [3.05, 3.63) is 30.1 Å². The number of nitrogens with one attached hydrogen (secondary N) is 2. The second-order valence-corrected chi connectivity index (χ2v) is 6.79. The molecule has 2 N–H and O–H groups in total. The minimum absolute atomic E-state index is 0.0297. The summed E-state index contributed by atoms with van der Waals surface area (Å²) in [6, 6.07) is 5.28. The quantitative estimate of drug-likeness (QED) is 0.889. The first-order chi connectivity index (χ1) is 11.6. The average molecular weight is 333 g/mol. The average Bonchev–Trinajstić information content (AvgIpc) is 3.21. The summed E-state index contributed by atoms with van der Waals surface area (Å²) in [5.74, 6) is 0.421. The summed E-state index contributed by atoms with van der Waals surface area (Å²) in [5, 5.41) is 5.56. The molecule has 1 aromatic carbocycles. The Bertz CT molecular complexity index is 584. The van der Waals surface area contributed by atoms with Crippen LogP contribution in [0.4, 0.5) is 14.9 Å². The van der Waals surface area contributed by atoms with Crippen molar-refractivity contribution < 1.29 is 14.0 Å². The van der Waals surface area contributed by atoms with E-state index in [1.807, 2.05) is 4.90 Å². The van der Waals surface area contributed by atoms with Gasteiger partial charge in [0.05, 0.1) is 0 Å². The van der Waals surface area contributed by atoms with Gasteiger partial charge in [-0.15, -0.1) is 0 Å². The van der Waals surface area contributed by atoms with Crippen LogP contribution in [0.1, 0.15) is 38.5 Å². The molecule has 1 saturated carbocycles. The molecule has 24 heavy (non-hydrogen) atoms.